The third kappa shape index (κ3) is 4.78. The predicted octanol–water partition coefficient (Wildman–Crippen LogP) is 6.29. The van der Waals surface area contributed by atoms with Crippen LogP contribution in [-0.4, -0.2) is 22.6 Å². The summed E-state index contributed by atoms with van der Waals surface area (Å²) in [4.78, 5) is 19.3. The highest BCUT2D eigenvalue weighted by Crippen LogP contribution is 2.42. The number of rotatable bonds is 6. The average Bonchev–Trinajstić information content (AvgIpc) is 3.21. The quantitative estimate of drug-likeness (QED) is 0.304. The topological polar surface area (TPSA) is 51.1 Å². The lowest BCUT2D eigenvalue weighted by molar-refractivity contribution is -0.139. The molecule has 8 heteroatoms. The minimum absolute atomic E-state index is 0.301. The number of carbonyl (C=O) groups excluding carboxylic acids is 1. The molecule has 0 radical (unpaired) electrons. The summed E-state index contributed by atoms with van der Waals surface area (Å²) in [6.07, 6.45) is 1.93. The van der Waals surface area contributed by atoms with Gasteiger partial charge in [-0.2, -0.15) is 0 Å². The second-order valence-electron chi connectivity index (χ2n) is 6.93. The fourth-order valence-corrected chi connectivity index (χ4v) is 4.84. The molecule has 0 bridgehead atoms. The van der Waals surface area contributed by atoms with E-state index in [0.717, 1.165) is 16.3 Å². The van der Waals surface area contributed by atoms with Crippen molar-refractivity contribution in [1.29, 1.82) is 0 Å². The Labute approximate surface area is 204 Å². The van der Waals surface area contributed by atoms with Crippen LogP contribution >= 0.6 is 46.0 Å². The molecular formula is C23H20ClIN2O3S. The molecule has 2 aromatic rings. The molecule has 4 rings (SSSR count). The molecule has 0 spiro atoms. The number of nitrogens with zero attached hydrogens (tertiary/aromatic N) is 2. The lowest BCUT2D eigenvalue weighted by atomic mass is 9.94. The highest BCUT2D eigenvalue weighted by atomic mass is 127. The van der Waals surface area contributed by atoms with Crippen LogP contribution in [0.4, 0.5) is 0 Å². The Kier molecular flexibility index (Phi) is 6.93. The van der Waals surface area contributed by atoms with Gasteiger partial charge in [-0.3, -0.25) is 0 Å². The Morgan fingerprint density at radius 1 is 1.26 bits per heavy atom. The van der Waals surface area contributed by atoms with E-state index in [1.165, 1.54) is 15.3 Å². The minimum atomic E-state index is -0.367. The molecule has 2 aromatic carbocycles. The number of thioether (sulfide) groups is 1. The molecular weight excluding hydrogens is 547 g/mol. The maximum atomic E-state index is 12.8. The molecule has 2 heterocycles. The largest absolute Gasteiger partial charge is 0.487 e. The lowest BCUT2D eigenvalue weighted by Gasteiger charge is -2.33. The van der Waals surface area contributed by atoms with Crippen molar-refractivity contribution in [1.82, 2.24) is 4.90 Å². The molecule has 1 atom stereocenters. The number of fused-ring (bicyclic) bond motifs is 1. The molecule has 0 N–H and O–H groups in total. The number of benzene rings is 2. The number of esters is 1. The Balaban J connectivity index is 1.62. The van der Waals surface area contributed by atoms with Gasteiger partial charge >= 0.3 is 5.97 Å². The van der Waals surface area contributed by atoms with Gasteiger partial charge in [0.1, 0.15) is 12.4 Å². The first-order valence-electron chi connectivity index (χ1n) is 9.73. The number of aliphatic imine (C=N–C) groups is 1. The monoisotopic (exact) mass is 566 g/mol. The molecule has 160 valence electrons. The van der Waals surface area contributed by atoms with E-state index < -0.39 is 0 Å². The highest BCUT2D eigenvalue weighted by Gasteiger charge is 2.37. The van der Waals surface area contributed by atoms with Gasteiger partial charge in [-0.05, 0) is 77.2 Å². The van der Waals surface area contributed by atoms with Crippen molar-refractivity contribution < 1.29 is 14.3 Å². The maximum absolute atomic E-state index is 12.8. The van der Waals surface area contributed by atoms with Gasteiger partial charge in [-0.25, -0.2) is 9.79 Å². The standard InChI is InChI=1S/C23H20ClIN2O3S/c1-3-29-22(28)20-14(2)26-23-27(10-11-31-23)21(20)16-6-9-19(18(24)12-16)30-13-15-4-7-17(25)8-5-15/h4-12,21H,3,13H2,1-2H3/t21-/m1/s1. The third-order valence-electron chi connectivity index (χ3n) is 4.90. The van der Waals surface area contributed by atoms with E-state index >= 15 is 0 Å². The number of halogens is 2. The zero-order valence-corrected chi connectivity index (χ0v) is 20.7. The van der Waals surface area contributed by atoms with Crippen molar-refractivity contribution in [3.8, 4) is 5.75 Å². The van der Waals surface area contributed by atoms with Gasteiger partial charge in [0.05, 0.1) is 28.9 Å². The number of allylic oxidation sites excluding steroid dienone is 1. The van der Waals surface area contributed by atoms with Crippen LogP contribution in [0.2, 0.25) is 5.02 Å². The summed E-state index contributed by atoms with van der Waals surface area (Å²) in [5.74, 6) is 0.228. The molecule has 0 aromatic heterocycles. The summed E-state index contributed by atoms with van der Waals surface area (Å²) in [6, 6.07) is 13.4. The van der Waals surface area contributed by atoms with E-state index in [2.05, 4.69) is 27.6 Å². The summed E-state index contributed by atoms with van der Waals surface area (Å²) in [5, 5.41) is 3.27. The van der Waals surface area contributed by atoms with Crippen molar-refractivity contribution in [2.45, 2.75) is 26.5 Å². The summed E-state index contributed by atoms with van der Waals surface area (Å²) in [7, 11) is 0. The van der Waals surface area contributed by atoms with Gasteiger partial charge in [0, 0.05) is 9.77 Å². The lowest BCUT2D eigenvalue weighted by Crippen LogP contribution is -2.34. The molecule has 0 saturated heterocycles. The number of ether oxygens (including phenoxy) is 2. The highest BCUT2D eigenvalue weighted by molar-refractivity contribution is 14.1. The zero-order chi connectivity index (χ0) is 22.0. The van der Waals surface area contributed by atoms with Gasteiger partial charge in [-0.15, -0.1) is 0 Å². The first-order valence-corrected chi connectivity index (χ1v) is 12.1. The van der Waals surface area contributed by atoms with Crippen molar-refractivity contribution in [3.05, 3.63) is 85.1 Å². The molecule has 0 unspecified atom stereocenters. The second-order valence-corrected chi connectivity index (χ2v) is 9.46. The SMILES string of the molecule is CCOC(=O)C1=C(C)N=C2SC=CN2[C@@H]1c1ccc(OCc2ccc(I)cc2)c(Cl)c1. The smallest absolute Gasteiger partial charge is 0.338 e. The minimum Gasteiger partial charge on any atom is -0.487 e. The molecule has 31 heavy (non-hydrogen) atoms. The fourth-order valence-electron chi connectivity index (χ4n) is 3.44. The van der Waals surface area contributed by atoms with Gasteiger partial charge < -0.3 is 14.4 Å². The van der Waals surface area contributed by atoms with Crippen LogP contribution in [0.15, 0.2) is 70.3 Å². The first kappa shape index (κ1) is 22.2. The van der Waals surface area contributed by atoms with Crippen molar-refractivity contribution in [2.75, 3.05) is 6.61 Å². The summed E-state index contributed by atoms with van der Waals surface area (Å²) in [6.45, 7) is 4.36. The van der Waals surface area contributed by atoms with Gasteiger partial charge in [0.25, 0.3) is 0 Å². The average molecular weight is 567 g/mol. The Morgan fingerprint density at radius 3 is 2.74 bits per heavy atom. The first-order chi connectivity index (χ1) is 15.0. The molecule has 2 aliphatic heterocycles. The molecule has 0 amide bonds. The summed E-state index contributed by atoms with van der Waals surface area (Å²) in [5.41, 5.74) is 3.10. The second kappa shape index (κ2) is 9.67. The maximum Gasteiger partial charge on any atom is 0.338 e. The molecule has 0 fully saturated rings. The molecule has 2 aliphatic rings. The summed E-state index contributed by atoms with van der Waals surface area (Å²) >= 11 is 10.4. The molecule has 0 saturated carbocycles. The van der Waals surface area contributed by atoms with Crippen LogP contribution < -0.4 is 4.74 Å². The normalized spacial score (nSPS) is 17.5. The van der Waals surface area contributed by atoms with Crippen LogP contribution in [0.1, 0.15) is 31.0 Å². The number of carbonyl (C=O) groups is 1. The van der Waals surface area contributed by atoms with Crippen molar-refractivity contribution in [3.63, 3.8) is 0 Å². The van der Waals surface area contributed by atoms with Crippen LogP contribution in [-0.2, 0) is 16.1 Å². The number of amidine groups is 1. The molecule has 0 aliphatic carbocycles. The molecule has 5 nitrogen and oxygen atoms in total. The Hall–Kier alpha value is -1.97. The van der Waals surface area contributed by atoms with Crippen LogP contribution in [0.25, 0.3) is 0 Å². The van der Waals surface area contributed by atoms with E-state index in [1.807, 2.05) is 65.9 Å². The third-order valence-corrected chi connectivity index (χ3v) is 6.68. The van der Waals surface area contributed by atoms with E-state index in [4.69, 9.17) is 21.1 Å². The van der Waals surface area contributed by atoms with E-state index in [1.54, 1.807) is 6.92 Å². The Morgan fingerprint density at radius 2 is 2.03 bits per heavy atom. The van der Waals surface area contributed by atoms with E-state index in [9.17, 15) is 4.79 Å². The van der Waals surface area contributed by atoms with Gasteiger partial charge in [0.2, 0.25) is 0 Å². The number of hydrogen-bond acceptors (Lipinski definition) is 6. The van der Waals surface area contributed by atoms with Crippen LogP contribution in [0.3, 0.4) is 0 Å². The van der Waals surface area contributed by atoms with Crippen molar-refractivity contribution >= 4 is 57.1 Å². The van der Waals surface area contributed by atoms with Crippen LogP contribution in [0, 0.1) is 3.57 Å². The van der Waals surface area contributed by atoms with E-state index in [0.29, 0.717) is 35.3 Å². The van der Waals surface area contributed by atoms with Gasteiger partial charge in [0.15, 0.2) is 5.17 Å². The fraction of sp³-hybridized carbons (Fsp3) is 0.217. The predicted molar refractivity (Wildman–Crippen MR) is 133 cm³/mol. The zero-order valence-electron chi connectivity index (χ0n) is 17.0. The van der Waals surface area contributed by atoms with Crippen LogP contribution in [0.5, 0.6) is 5.75 Å². The van der Waals surface area contributed by atoms with Gasteiger partial charge in [-0.1, -0.05) is 41.6 Å². The van der Waals surface area contributed by atoms with E-state index in [-0.39, 0.29) is 12.0 Å². The van der Waals surface area contributed by atoms with Crippen molar-refractivity contribution in [2.24, 2.45) is 4.99 Å². The summed E-state index contributed by atoms with van der Waals surface area (Å²) < 4.78 is 12.4. The Bertz CT molecular complexity index is 1100. The number of hydrogen-bond donors (Lipinski definition) is 0.